The third-order valence-electron chi connectivity index (χ3n) is 3.38. The third kappa shape index (κ3) is 3.30. The van der Waals surface area contributed by atoms with Crippen LogP contribution < -0.4 is 11.3 Å². The number of nitrogens with two attached hydrogens (primary N) is 1. The molecule has 116 valence electrons. The lowest BCUT2D eigenvalue weighted by molar-refractivity contribution is -0.153. The predicted octanol–water partition coefficient (Wildman–Crippen LogP) is 0.283. The van der Waals surface area contributed by atoms with E-state index in [1.54, 1.807) is 23.7 Å². The number of fused-ring (bicyclic) bond motifs is 1. The lowest BCUT2D eigenvalue weighted by Gasteiger charge is -2.12. The van der Waals surface area contributed by atoms with Gasteiger partial charge in [0.15, 0.2) is 6.10 Å². The van der Waals surface area contributed by atoms with E-state index in [-0.39, 0.29) is 18.4 Å². The molecule has 22 heavy (non-hydrogen) atoms. The van der Waals surface area contributed by atoms with Gasteiger partial charge in [-0.15, -0.1) is 0 Å². The molecule has 2 N–H and O–H groups in total. The summed E-state index contributed by atoms with van der Waals surface area (Å²) in [5, 5.41) is 0.527. The van der Waals surface area contributed by atoms with Crippen molar-refractivity contribution in [3.63, 3.8) is 0 Å². The van der Waals surface area contributed by atoms with Gasteiger partial charge in [0.2, 0.25) is 0 Å². The maximum Gasteiger partial charge on any atom is 0.307 e. The van der Waals surface area contributed by atoms with Crippen molar-refractivity contribution in [2.45, 2.75) is 25.9 Å². The Labute approximate surface area is 126 Å². The number of hydrogen-bond acceptors (Lipinski definition) is 5. The maximum atomic E-state index is 12.0. The van der Waals surface area contributed by atoms with E-state index >= 15 is 0 Å². The van der Waals surface area contributed by atoms with Crippen LogP contribution in [0.4, 0.5) is 0 Å². The molecule has 2 rings (SSSR count). The van der Waals surface area contributed by atoms with Gasteiger partial charge in [0.1, 0.15) is 5.82 Å². The highest BCUT2D eigenvalue weighted by Gasteiger charge is 2.15. The monoisotopic (exact) mass is 303 g/mol. The number of rotatable bonds is 5. The number of nitrogens with zero attached hydrogens (tertiary/aromatic N) is 2. The summed E-state index contributed by atoms with van der Waals surface area (Å²) < 4.78 is 6.63. The van der Waals surface area contributed by atoms with Crippen LogP contribution in [0.15, 0.2) is 29.1 Å². The van der Waals surface area contributed by atoms with E-state index in [0.29, 0.717) is 11.2 Å². The van der Waals surface area contributed by atoms with Crippen molar-refractivity contribution in [3.8, 4) is 0 Å². The van der Waals surface area contributed by atoms with Crippen LogP contribution in [0.25, 0.3) is 10.9 Å². The van der Waals surface area contributed by atoms with Gasteiger partial charge in [0.05, 0.1) is 17.3 Å². The highest BCUT2D eigenvalue weighted by Crippen LogP contribution is 2.11. The first kappa shape index (κ1) is 15.7. The fourth-order valence-electron chi connectivity index (χ4n) is 2.09. The van der Waals surface area contributed by atoms with E-state index < -0.39 is 18.0 Å². The number of para-hydroxylation sites is 1. The summed E-state index contributed by atoms with van der Waals surface area (Å²) in [5.74, 6) is -0.786. The quantitative estimate of drug-likeness (QED) is 0.799. The van der Waals surface area contributed by atoms with Crippen LogP contribution in [0.3, 0.4) is 0 Å². The SMILES string of the molecule is CC(OC(=O)CCc1nc(=O)c2ccccc2n1C)C(N)=O. The summed E-state index contributed by atoms with van der Waals surface area (Å²) >= 11 is 0. The molecule has 0 aliphatic carbocycles. The zero-order valence-corrected chi connectivity index (χ0v) is 12.4. The zero-order valence-electron chi connectivity index (χ0n) is 12.4. The molecule has 7 nitrogen and oxygen atoms in total. The van der Waals surface area contributed by atoms with E-state index in [2.05, 4.69) is 4.98 Å². The Kier molecular flexibility index (Phi) is 4.55. The molecule has 0 radical (unpaired) electrons. The van der Waals surface area contributed by atoms with Crippen molar-refractivity contribution in [1.82, 2.24) is 9.55 Å². The second-order valence-electron chi connectivity index (χ2n) is 4.94. The van der Waals surface area contributed by atoms with Crippen molar-refractivity contribution < 1.29 is 14.3 Å². The molecule has 1 aromatic carbocycles. The first-order chi connectivity index (χ1) is 10.4. The predicted molar refractivity (Wildman–Crippen MR) is 80.1 cm³/mol. The van der Waals surface area contributed by atoms with Crippen molar-refractivity contribution >= 4 is 22.8 Å². The van der Waals surface area contributed by atoms with Crippen molar-refractivity contribution in [2.75, 3.05) is 0 Å². The number of aryl methyl sites for hydroxylation is 2. The molecular formula is C15H17N3O4. The molecule has 0 bridgehead atoms. The number of amides is 1. The van der Waals surface area contributed by atoms with Crippen LogP contribution in [0.1, 0.15) is 19.2 Å². The Morgan fingerprint density at radius 1 is 1.36 bits per heavy atom. The molecular weight excluding hydrogens is 286 g/mol. The summed E-state index contributed by atoms with van der Waals surface area (Å²) in [5.41, 5.74) is 5.44. The van der Waals surface area contributed by atoms with Crippen LogP contribution >= 0.6 is 0 Å². The number of carbonyl (C=O) groups excluding carboxylic acids is 2. The van der Waals surface area contributed by atoms with Gasteiger partial charge in [0.25, 0.3) is 11.5 Å². The van der Waals surface area contributed by atoms with Crippen LogP contribution in [-0.4, -0.2) is 27.5 Å². The standard InChI is InChI=1S/C15H17N3O4/c1-9(14(16)20)22-13(19)8-7-12-17-15(21)10-5-3-4-6-11(10)18(12)2/h3-6,9H,7-8H2,1-2H3,(H2,16,20). The lowest BCUT2D eigenvalue weighted by atomic mass is 10.2. The molecule has 1 unspecified atom stereocenters. The van der Waals surface area contributed by atoms with Gasteiger partial charge in [-0.1, -0.05) is 12.1 Å². The molecule has 0 saturated carbocycles. The summed E-state index contributed by atoms with van der Waals surface area (Å²) in [4.78, 5) is 38.4. The number of ether oxygens (including phenoxy) is 1. The Bertz CT molecular complexity index is 782. The maximum absolute atomic E-state index is 12.0. The van der Waals surface area contributed by atoms with E-state index in [1.165, 1.54) is 6.92 Å². The Balaban J connectivity index is 2.16. The summed E-state index contributed by atoms with van der Waals surface area (Å²) in [6.07, 6.45) is -0.724. The second kappa shape index (κ2) is 6.38. The first-order valence-corrected chi connectivity index (χ1v) is 6.83. The minimum Gasteiger partial charge on any atom is -0.453 e. The highest BCUT2D eigenvalue weighted by molar-refractivity contribution is 5.82. The van der Waals surface area contributed by atoms with Gasteiger partial charge >= 0.3 is 5.97 Å². The smallest absolute Gasteiger partial charge is 0.307 e. The average Bonchev–Trinajstić information content (AvgIpc) is 2.49. The molecule has 1 amide bonds. The molecule has 0 spiro atoms. The van der Waals surface area contributed by atoms with Crippen LogP contribution in [0.2, 0.25) is 0 Å². The third-order valence-corrected chi connectivity index (χ3v) is 3.38. The fraction of sp³-hybridized carbons (Fsp3) is 0.333. The molecule has 1 heterocycles. The van der Waals surface area contributed by atoms with Gasteiger partial charge < -0.3 is 15.0 Å². The van der Waals surface area contributed by atoms with E-state index in [1.807, 2.05) is 12.1 Å². The number of benzene rings is 1. The van der Waals surface area contributed by atoms with Gasteiger partial charge in [-0.25, -0.2) is 0 Å². The number of primary amides is 1. The second-order valence-corrected chi connectivity index (χ2v) is 4.94. The molecule has 1 aromatic heterocycles. The molecule has 0 saturated heterocycles. The summed E-state index contributed by atoms with van der Waals surface area (Å²) in [6.45, 7) is 1.41. The minimum absolute atomic E-state index is 0.0102. The molecule has 7 heteroatoms. The minimum atomic E-state index is -0.971. The average molecular weight is 303 g/mol. The van der Waals surface area contributed by atoms with Gasteiger partial charge in [-0.05, 0) is 19.1 Å². The van der Waals surface area contributed by atoms with Gasteiger partial charge in [-0.3, -0.25) is 14.4 Å². The Hall–Kier alpha value is -2.70. The molecule has 1 atom stereocenters. The van der Waals surface area contributed by atoms with E-state index in [0.717, 1.165) is 5.52 Å². The summed E-state index contributed by atoms with van der Waals surface area (Å²) in [6, 6.07) is 7.12. The van der Waals surface area contributed by atoms with E-state index in [4.69, 9.17) is 10.5 Å². The number of esters is 1. The Morgan fingerprint density at radius 3 is 2.73 bits per heavy atom. The normalized spacial score (nSPS) is 12.1. The first-order valence-electron chi connectivity index (χ1n) is 6.83. The molecule has 0 aliphatic rings. The van der Waals surface area contributed by atoms with Crippen molar-refractivity contribution in [3.05, 3.63) is 40.4 Å². The van der Waals surface area contributed by atoms with E-state index in [9.17, 15) is 14.4 Å². The van der Waals surface area contributed by atoms with Gasteiger partial charge in [-0.2, -0.15) is 4.98 Å². The number of aromatic nitrogens is 2. The number of hydrogen-bond donors (Lipinski definition) is 1. The van der Waals surface area contributed by atoms with Crippen molar-refractivity contribution in [1.29, 1.82) is 0 Å². The van der Waals surface area contributed by atoms with Gasteiger partial charge in [0, 0.05) is 13.5 Å². The zero-order chi connectivity index (χ0) is 16.3. The van der Waals surface area contributed by atoms with Crippen molar-refractivity contribution in [2.24, 2.45) is 12.8 Å². The summed E-state index contributed by atoms with van der Waals surface area (Å²) in [7, 11) is 1.78. The number of carbonyl (C=O) groups is 2. The van der Waals surface area contributed by atoms with Crippen LogP contribution in [0, 0.1) is 0 Å². The highest BCUT2D eigenvalue weighted by atomic mass is 16.5. The molecule has 2 aromatic rings. The Morgan fingerprint density at radius 2 is 2.05 bits per heavy atom. The largest absolute Gasteiger partial charge is 0.453 e. The molecule has 0 fully saturated rings. The van der Waals surface area contributed by atoms with Crippen LogP contribution in [-0.2, 0) is 27.8 Å². The van der Waals surface area contributed by atoms with Crippen LogP contribution in [0.5, 0.6) is 0 Å². The molecule has 0 aliphatic heterocycles. The fourth-order valence-corrected chi connectivity index (χ4v) is 2.09. The lowest BCUT2D eigenvalue weighted by Crippen LogP contribution is -2.30. The topological polar surface area (TPSA) is 104 Å².